The van der Waals surface area contributed by atoms with Gasteiger partial charge in [-0.15, -0.1) is 0 Å². The third kappa shape index (κ3) is 4.37. The van der Waals surface area contributed by atoms with Crippen LogP contribution in [0.25, 0.3) is 33.7 Å². The van der Waals surface area contributed by atoms with Gasteiger partial charge in [0.15, 0.2) is 22.2 Å². The Labute approximate surface area is 211 Å². The average Bonchev–Trinajstić information content (AvgIpc) is 3.55. The fraction of sp³-hybridized carbons (Fsp3) is 0.0357. The smallest absolute Gasteiger partial charge is 0.257 e. The first kappa shape index (κ1) is 21.8. The third-order valence-corrected chi connectivity index (χ3v) is 5.95. The van der Waals surface area contributed by atoms with Gasteiger partial charge >= 0.3 is 0 Å². The molecule has 0 radical (unpaired) electrons. The van der Waals surface area contributed by atoms with Crippen molar-refractivity contribution >= 4 is 40.0 Å². The summed E-state index contributed by atoms with van der Waals surface area (Å²) >= 11 is 5.33. The summed E-state index contributed by atoms with van der Waals surface area (Å²) in [5.74, 6) is 1.32. The molecule has 1 amide bonds. The molecule has 0 unspecified atom stereocenters. The van der Waals surface area contributed by atoms with Crippen molar-refractivity contribution in [3.63, 3.8) is 0 Å². The Balaban J connectivity index is 1.15. The number of nitrogens with zero attached hydrogens (tertiary/aromatic N) is 1. The van der Waals surface area contributed by atoms with Gasteiger partial charge in [0.05, 0.1) is 0 Å². The second-order valence-corrected chi connectivity index (χ2v) is 8.53. The monoisotopic (exact) mass is 493 g/mol. The van der Waals surface area contributed by atoms with Crippen molar-refractivity contribution in [3.8, 4) is 34.1 Å². The molecule has 0 bridgehead atoms. The van der Waals surface area contributed by atoms with Crippen molar-refractivity contribution in [2.75, 3.05) is 12.1 Å². The predicted octanol–water partition coefficient (Wildman–Crippen LogP) is 6.02. The Hall–Kier alpha value is -4.69. The van der Waals surface area contributed by atoms with Gasteiger partial charge in [0.1, 0.15) is 5.52 Å². The van der Waals surface area contributed by atoms with Gasteiger partial charge in [-0.3, -0.25) is 10.1 Å². The second kappa shape index (κ2) is 9.16. The largest absolute Gasteiger partial charge is 0.454 e. The zero-order valence-corrected chi connectivity index (χ0v) is 19.7. The van der Waals surface area contributed by atoms with Crippen molar-refractivity contribution in [3.05, 3.63) is 96.6 Å². The molecule has 6 rings (SSSR count). The van der Waals surface area contributed by atoms with Crippen LogP contribution in [0, 0.1) is 0 Å². The minimum absolute atomic E-state index is 0.144. The molecule has 1 aliphatic rings. The standard InChI is InChI=1S/C28H19N3O4S/c32-26(20-10-12-24-25(14-20)34-16-33-24)31-28(36)29-21-11-13-23-22(15-21)30-27(35-23)19-8-6-18(7-9-19)17-4-2-1-3-5-17/h1-15H,16H2,(H2,29,31,32,36). The van der Waals surface area contributed by atoms with E-state index in [0.717, 1.165) is 16.7 Å². The Morgan fingerprint density at radius 1 is 0.806 bits per heavy atom. The van der Waals surface area contributed by atoms with Crippen LogP contribution < -0.4 is 20.1 Å². The Bertz CT molecular complexity index is 1600. The molecule has 7 nitrogen and oxygen atoms in total. The number of oxazole rings is 1. The molecule has 5 aromatic rings. The summed E-state index contributed by atoms with van der Waals surface area (Å²) in [4.78, 5) is 17.2. The summed E-state index contributed by atoms with van der Waals surface area (Å²) in [6.07, 6.45) is 0. The van der Waals surface area contributed by atoms with Crippen LogP contribution in [0.4, 0.5) is 5.69 Å². The number of benzene rings is 4. The van der Waals surface area contributed by atoms with Gasteiger partial charge < -0.3 is 19.2 Å². The fourth-order valence-corrected chi connectivity index (χ4v) is 4.15. The maximum atomic E-state index is 12.6. The number of ether oxygens (including phenoxy) is 2. The first-order valence-electron chi connectivity index (χ1n) is 11.2. The molecular formula is C28H19N3O4S. The van der Waals surface area contributed by atoms with Crippen LogP contribution in [-0.2, 0) is 0 Å². The number of carbonyl (C=O) groups excluding carboxylic acids is 1. The summed E-state index contributed by atoms with van der Waals surface area (Å²) < 4.78 is 16.6. The van der Waals surface area contributed by atoms with Crippen LogP contribution in [0.15, 0.2) is 95.4 Å². The summed E-state index contributed by atoms with van der Waals surface area (Å²) in [6, 6.07) is 28.7. The maximum absolute atomic E-state index is 12.6. The van der Waals surface area contributed by atoms with Crippen molar-refractivity contribution < 1.29 is 18.7 Å². The molecule has 1 aromatic heterocycles. The number of anilines is 1. The van der Waals surface area contributed by atoms with Gasteiger partial charge in [-0.2, -0.15) is 0 Å². The van der Waals surface area contributed by atoms with E-state index in [0.29, 0.717) is 39.7 Å². The van der Waals surface area contributed by atoms with Crippen molar-refractivity contribution in [1.29, 1.82) is 0 Å². The molecule has 0 fully saturated rings. The molecular weight excluding hydrogens is 474 g/mol. The van der Waals surface area contributed by atoms with Crippen LogP contribution in [0.2, 0.25) is 0 Å². The van der Waals surface area contributed by atoms with E-state index in [1.807, 2.05) is 60.7 Å². The van der Waals surface area contributed by atoms with E-state index < -0.39 is 0 Å². The molecule has 8 heteroatoms. The molecule has 176 valence electrons. The third-order valence-electron chi connectivity index (χ3n) is 5.75. The van der Waals surface area contributed by atoms with Crippen molar-refractivity contribution in [2.45, 2.75) is 0 Å². The SMILES string of the molecule is O=C(NC(=S)Nc1ccc2oc(-c3ccc(-c4ccccc4)cc3)nc2c1)c1ccc2c(c1)OCO2. The normalized spacial score (nSPS) is 11.9. The number of aromatic nitrogens is 1. The molecule has 2 heterocycles. The van der Waals surface area contributed by atoms with E-state index in [2.05, 4.69) is 27.8 Å². The van der Waals surface area contributed by atoms with Gasteiger partial charge in [-0.05, 0) is 71.9 Å². The highest BCUT2D eigenvalue weighted by molar-refractivity contribution is 7.80. The van der Waals surface area contributed by atoms with Crippen LogP contribution >= 0.6 is 12.2 Å². The van der Waals surface area contributed by atoms with Crippen molar-refractivity contribution in [1.82, 2.24) is 10.3 Å². The zero-order chi connectivity index (χ0) is 24.5. The number of fused-ring (bicyclic) bond motifs is 2. The van der Waals surface area contributed by atoms with Crippen LogP contribution in [0.1, 0.15) is 10.4 Å². The zero-order valence-electron chi connectivity index (χ0n) is 18.9. The summed E-state index contributed by atoms with van der Waals surface area (Å²) in [7, 11) is 0. The summed E-state index contributed by atoms with van der Waals surface area (Å²) in [5, 5.41) is 5.86. The topological polar surface area (TPSA) is 85.6 Å². The molecule has 1 aliphatic heterocycles. The minimum Gasteiger partial charge on any atom is -0.454 e. The first-order valence-corrected chi connectivity index (χ1v) is 11.6. The van der Waals surface area contributed by atoms with E-state index in [-0.39, 0.29) is 17.8 Å². The molecule has 0 saturated heterocycles. The number of nitrogens with one attached hydrogen (secondary N) is 2. The summed E-state index contributed by atoms with van der Waals surface area (Å²) in [5.41, 5.74) is 5.57. The number of rotatable bonds is 4. The number of hydrogen-bond donors (Lipinski definition) is 2. The van der Waals surface area contributed by atoms with E-state index >= 15 is 0 Å². The lowest BCUT2D eigenvalue weighted by atomic mass is 10.0. The number of hydrogen-bond acceptors (Lipinski definition) is 6. The molecule has 0 saturated carbocycles. The maximum Gasteiger partial charge on any atom is 0.257 e. The lowest BCUT2D eigenvalue weighted by molar-refractivity contribution is 0.0977. The Morgan fingerprint density at radius 3 is 2.39 bits per heavy atom. The molecule has 0 atom stereocenters. The van der Waals surface area contributed by atoms with Gasteiger partial charge in [0, 0.05) is 16.8 Å². The number of carbonyl (C=O) groups is 1. The van der Waals surface area contributed by atoms with Gasteiger partial charge in [0.2, 0.25) is 12.7 Å². The lowest BCUT2D eigenvalue weighted by Crippen LogP contribution is -2.34. The molecule has 0 spiro atoms. The summed E-state index contributed by atoms with van der Waals surface area (Å²) in [6.45, 7) is 0.144. The van der Waals surface area contributed by atoms with E-state index in [1.54, 1.807) is 18.2 Å². The highest BCUT2D eigenvalue weighted by Crippen LogP contribution is 2.32. The lowest BCUT2D eigenvalue weighted by Gasteiger charge is -2.09. The Morgan fingerprint density at radius 2 is 1.56 bits per heavy atom. The van der Waals surface area contributed by atoms with Crippen molar-refractivity contribution in [2.24, 2.45) is 0 Å². The fourth-order valence-electron chi connectivity index (χ4n) is 3.94. The molecule has 2 N–H and O–H groups in total. The van der Waals surface area contributed by atoms with Gasteiger partial charge in [-0.1, -0.05) is 42.5 Å². The average molecular weight is 494 g/mol. The quantitative estimate of drug-likeness (QED) is 0.296. The molecule has 4 aromatic carbocycles. The molecule has 36 heavy (non-hydrogen) atoms. The molecule has 0 aliphatic carbocycles. The van der Waals surface area contributed by atoms with Crippen LogP contribution in [0.5, 0.6) is 11.5 Å². The first-order chi connectivity index (χ1) is 17.6. The van der Waals surface area contributed by atoms with E-state index in [1.165, 1.54) is 0 Å². The highest BCUT2D eigenvalue weighted by atomic mass is 32.1. The predicted molar refractivity (Wildman–Crippen MR) is 141 cm³/mol. The number of thiocarbonyl (C=S) groups is 1. The highest BCUT2D eigenvalue weighted by Gasteiger charge is 2.17. The second-order valence-electron chi connectivity index (χ2n) is 8.12. The van der Waals surface area contributed by atoms with Gasteiger partial charge in [-0.25, -0.2) is 4.98 Å². The number of amides is 1. The van der Waals surface area contributed by atoms with E-state index in [9.17, 15) is 4.79 Å². The van der Waals surface area contributed by atoms with Crippen LogP contribution in [-0.4, -0.2) is 22.8 Å². The minimum atomic E-state index is -0.352. The Kier molecular flexibility index (Phi) is 5.55. The van der Waals surface area contributed by atoms with Crippen LogP contribution in [0.3, 0.4) is 0 Å². The van der Waals surface area contributed by atoms with E-state index in [4.69, 9.17) is 26.1 Å². The van der Waals surface area contributed by atoms with Gasteiger partial charge in [0.25, 0.3) is 5.91 Å².